The van der Waals surface area contributed by atoms with Crippen LogP contribution in [0.15, 0.2) is 18.3 Å². The summed E-state index contributed by atoms with van der Waals surface area (Å²) < 4.78 is 0. The molecule has 0 aliphatic rings. The van der Waals surface area contributed by atoms with Crippen molar-refractivity contribution in [3.63, 3.8) is 0 Å². The minimum absolute atomic E-state index is 0.337. The molecule has 4 heteroatoms. The van der Waals surface area contributed by atoms with Crippen LogP contribution in [0.25, 0.3) is 0 Å². The van der Waals surface area contributed by atoms with Crippen LogP contribution < -0.4 is 11.1 Å². The number of pyridine rings is 1. The average Bonchev–Trinajstić information content (AvgIpc) is 2.26. The summed E-state index contributed by atoms with van der Waals surface area (Å²) in [5, 5.41) is 3.44. The van der Waals surface area contributed by atoms with Gasteiger partial charge in [0.1, 0.15) is 4.99 Å². The maximum atomic E-state index is 5.55. The van der Waals surface area contributed by atoms with Gasteiger partial charge in [0, 0.05) is 17.9 Å². The van der Waals surface area contributed by atoms with E-state index in [0.29, 0.717) is 16.7 Å². The Bertz CT molecular complexity index is 377. The van der Waals surface area contributed by atoms with Crippen LogP contribution >= 0.6 is 12.2 Å². The van der Waals surface area contributed by atoms with Gasteiger partial charge in [-0.2, -0.15) is 0 Å². The van der Waals surface area contributed by atoms with E-state index in [1.807, 2.05) is 12.1 Å². The molecule has 0 aliphatic carbocycles. The van der Waals surface area contributed by atoms with Gasteiger partial charge in [-0.1, -0.05) is 26.1 Å². The lowest BCUT2D eigenvalue weighted by atomic mass is 10.0. The van der Waals surface area contributed by atoms with E-state index in [2.05, 4.69) is 31.1 Å². The van der Waals surface area contributed by atoms with Gasteiger partial charge in [0.2, 0.25) is 0 Å². The Morgan fingerprint density at radius 2 is 2.12 bits per heavy atom. The molecule has 1 heterocycles. The van der Waals surface area contributed by atoms with Gasteiger partial charge in [0.25, 0.3) is 0 Å². The fourth-order valence-electron chi connectivity index (χ4n) is 1.60. The minimum Gasteiger partial charge on any atom is -0.388 e. The van der Waals surface area contributed by atoms with E-state index in [0.717, 1.165) is 18.0 Å². The predicted octanol–water partition coefficient (Wildman–Crippen LogP) is 2.95. The van der Waals surface area contributed by atoms with Crippen molar-refractivity contribution >= 4 is 22.9 Å². The molecule has 1 rings (SSSR count). The Hall–Kier alpha value is -1.16. The second kappa shape index (κ2) is 6.55. The van der Waals surface area contributed by atoms with Gasteiger partial charge in [-0.15, -0.1) is 0 Å². The smallest absolute Gasteiger partial charge is 0.122 e. The Morgan fingerprint density at radius 1 is 1.41 bits per heavy atom. The third-order valence-electron chi connectivity index (χ3n) is 2.60. The maximum Gasteiger partial charge on any atom is 0.122 e. The Morgan fingerprint density at radius 3 is 2.71 bits per heavy atom. The molecule has 1 atom stereocenters. The number of nitrogens with zero attached hydrogens (tertiary/aromatic N) is 1. The van der Waals surface area contributed by atoms with Crippen molar-refractivity contribution in [3.05, 3.63) is 24.0 Å². The van der Waals surface area contributed by atoms with E-state index in [4.69, 9.17) is 18.0 Å². The highest BCUT2D eigenvalue weighted by Gasteiger charge is 2.05. The van der Waals surface area contributed by atoms with Gasteiger partial charge >= 0.3 is 0 Å². The zero-order valence-corrected chi connectivity index (χ0v) is 11.6. The normalized spacial score (nSPS) is 12.5. The molecule has 0 spiro atoms. The third kappa shape index (κ3) is 5.13. The second-order valence-electron chi connectivity index (χ2n) is 4.81. The Labute approximate surface area is 109 Å². The number of nitrogens with one attached hydrogen (secondary N) is 1. The summed E-state index contributed by atoms with van der Waals surface area (Å²) in [6.07, 6.45) is 4.11. The van der Waals surface area contributed by atoms with Crippen molar-refractivity contribution in [2.45, 2.75) is 39.7 Å². The summed E-state index contributed by atoms with van der Waals surface area (Å²) in [5.41, 5.74) is 7.25. The van der Waals surface area contributed by atoms with Crippen LogP contribution in [-0.2, 0) is 0 Å². The van der Waals surface area contributed by atoms with Crippen LogP contribution in [0.1, 0.15) is 39.3 Å². The summed E-state index contributed by atoms with van der Waals surface area (Å²) in [4.78, 5) is 4.45. The summed E-state index contributed by atoms with van der Waals surface area (Å²) in [5.74, 6) is 0.740. The highest BCUT2D eigenvalue weighted by Crippen LogP contribution is 2.13. The first-order chi connectivity index (χ1) is 7.99. The molecule has 0 aromatic carbocycles. The van der Waals surface area contributed by atoms with Crippen molar-refractivity contribution in [2.24, 2.45) is 11.7 Å². The van der Waals surface area contributed by atoms with Crippen molar-refractivity contribution in [1.29, 1.82) is 0 Å². The monoisotopic (exact) mass is 251 g/mol. The van der Waals surface area contributed by atoms with Crippen LogP contribution in [0.4, 0.5) is 5.69 Å². The number of nitrogens with two attached hydrogens (primary N) is 1. The highest BCUT2D eigenvalue weighted by atomic mass is 32.1. The molecular weight excluding hydrogens is 230 g/mol. The molecule has 1 aromatic rings. The van der Waals surface area contributed by atoms with Crippen molar-refractivity contribution in [1.82, 2.24) is 4.98 Å². The van der Waals surface area contributed by atoms with Crippen LogP contribution in [0.2, 0.25) is 0 Å². The number of rotatable bonds is 6. The molecule has 94 valence electrons. The summed E-state index contributed by atoms with van der Waals surface area (Å²) >= 11 is 4.91. The molecular formula is C13H21N3S. The van der Waals surface area contributed by atoms with Crippen LogP contribution in [0.5, 0.6) is 0 Å². The molecule has 0 amide bonds. The lowest BCUT2D eigenvalue weighted by molar-refractivity contribution is 0.527. The Balaban J connectivity index is 2.56. The molecule has 0 aliphatic heterocycles. The quantitative estimate of drug-likeness (QED) is 0.763. The van der Waals surface area contributed by atoms with Gasteiger partial charge in [0.15, 0.2) is 0 Å². The Kier molecular flexibility index (Phi) is 5.35. The lowest BCUT2D eigenvalue weighted by Gasteiger charge is -2.16. The summed E-state index contributed by atoms with van der Waals surface area (Å²) in [6, 6.07) is 4.28. The zero-order chi connectivity index (χ0) is 12.8. The topological polar surface area (TPSA) is 50.9 Å². The molecule has 1 unspecified atom stereocenters. The molecule has 3 N–H and O–H groups in total. The number of hydrogen-bond acceptors (Lipinski definition) is 3. The molecule has 3 nitrogen and oxygen atoms in total. The number of aromatic nitrogens is 1. The van der Waals surface area contributed by atoms with E-state index in [1.165, 1.54) is 6.42 Å². The summed E-state index contributed by atoms with van der Waals surface area (Å²) in [7, 11) is 0. The van der Waals surface area contributed by atoms with Gasteiger partial charge in [0.05, 0.1) is 5.69 Å². The maximum absolute atomic E-state index is 5.55. The third-order valence-corrected chi connectivity index (χ3v) is 2.81. The van der Waals surface area contributed by atoms with E-state index in [-0.39, 0.29) is 0 Å². The number of hydrogen-bond donors (Lipinski definition) is 2. The largest absolute Gasteiger partial charge is 0.388 e. The van der Waals surface area contributed by atoms with Gasteiger partial charge in [-0.25, -0.2) is 0 Å². The predicted molar refractivity (Wildman–Crippen MR) is 77.3 cm³/mol. The average molecular weight is 251 g/mol. The first-order valence-electron chi connectivity index (χ1n) is 6.01. The minimum atomic E-state index is 0.337. The zero-order valence-electron chi connectivity index (χ0n) is 10.7. The highest BCUT2D eigenvalue weighted by molar-refractivity contribution is 7.80. The van der Waals surface area contributed by atoms with E-state index < -0.39 is 0 Å². The van der Waals surface area contributed by atoms with Gasteiger partial charge in [-0.3, -0.25) is 4.98 Å². The number of thiocarbonyl (C=S) groups is 1. The van der Waals surface area contributed by atoms with E-state index >= 15 is 0 Å². The molecule has 1 aromatic heterocycles. The first kappa shape index (κ1) is 13.9. The van der Waals surface area contributed by atoms with Crippen LogP contribution in [-0.4, -0.2) is 16.0 Å². The lowest BCUT2D eigenvalue weighted by Crippen LogP contribution is -2.17. The fourth-order valence-corrected chi connectivity index (χ4v) is 1.71. The second-order valence-corrected chi connectivity index (χ2v) is 5.25. The fraction of sp³-hybridized carbons (Fsp3) is 0.538. The standard InChI is InChI=1S/C13H21N3S/c1-9(2)4-5-10(3)16-11-6-7-15-12(8-11)13(14)17/h6-10H,4-5H2,1-3H3,(H2,14,17)(H,15,16). The molecule has 0 fully saturated rings. The molecule has 0 saturated carbocycles. The van der Waals surface area contributed by atoms with Crippen LogP contribution in [0, 0.1) is 5.92 Å². The SMILES string of the molecule is CC(C)CCC(C)Nc1ccnc(C(N)=S)c1. The summed E-state index contributed by atoms with van der Waals surface area (Å²) in [6.45, 7) is 6.66. The molecule has 0 saturated heterocycles. The molecule has 17 heavy (non-hydrogen) atoms. The van der Waals surface area contributed by atoms with Gasteiger partial charge in [-0.05, 0) is 37.8 Å². The van der Waals surface area contributed by atoms with Gasteiger partial charge < -0.3 is 11.1 Å². The van der Waals surface area contributed by atoms with Crippen molar-refractivity contribution in [2.75, 3.05) is 5.32 Å². The van der Waals surface area contributed by atoms with E-state index in [1.54, 1.807) is 6.20 Å². The van der Waals surface area contributed by atoms with Crippen molar-refractivity contribution < 1.29 is 0 Å². The van der Waals surface area contributed by atoms with E-state index in [9.17, 15) is 0 Å². The van der Waals surface area contributed by atoms with Crippen LogP contribution in [0.3, 0.4) is 0 Å². The molecule has 0 radical (unpaired) electrons. The first-order valence-corrected chi connectivity index (χ1v) is 6.42. The number of anilines is 1. The molecule has 0 bridgehead atoms. The van der Waals surface area contributed by atoms with Crippen molar-refractivity contribution in [3.8, 4) is 0 Å².